The maximum atomic E-state index is 14.0. The molecule has 0 aliphatic heterocycles. The van der Waals surface area contributed by atoms with Gasteiger partial charge in [-0.2, -0.15) is 0 Å². The zero-order chi connectivity index (χ0) is 21.5. The molecule has 0 spiro atoms. The molecule has 0 nitrogen and oxygen atoms in total. The Morgan fingerprint density at radius 3 is 1.11 bits per heavy atom. The molecule has 2 aromatic rings. The van der Waals surface area contributed by atoms with Gasteiger partial charge in [-0.05, 0) is 24.7 Å². The van der Waals surface area contributed by atoms with E-state index in [0.717, 1.165) is 6.92 Å². The van der Waals surface area contributed by atoms with E-state index in [1.54, 1.807) is 0 Å². The van der Waals surface area contributed by atoms with Gasteiger partial charge in [0.15, 0.2) is 46.5 Å². The molecular weight excluding hydrogens is 406 g/mol. The third kappa shape index (κ3) is 3.44. The molecule has 0 aliphatic carbocycles. The van der Waals surface area contributed by atoms with Gasteiger partial charge in [-0.25, -0.2) is 43.9 Å². The Morgan fingerprint density at radius 1 is 0.500 bits per heavy atom. The van der Waals surface area contributed by atoms with E-state index in [9.17, 15) is 43.9 Å². The molecule has 10 heteroatoms. The van der Waals surface area contributed by atoms with Crippen LogP contribution in [0.1, 0.15) is 49.7 Å². The van der Waals surface area contributed by atoms with Crippen molar-refractivity contribution in [2.75, 3.05) is 0 Å². The number of rotatable bonds is 5. The van der Waals surface area contributed by atoms with Crippen LogP contribution in [0.5, 0.6) is 0 Å². The summed E-state index contributed by atoms with van der Waals surface area (Å²) < 4.78 is 136. The monoisotopic (exact) mass is 418 g/mol. The van der Waals surface area contributed by atoms with E-state index in [1.165, 1.54) is 6.92 Å². The predicted octanol–water partition coefficient (Wildman–Crippen LogP) is 6.77. The fourth-order valence-corrected chi connectivity index (χ4v) is 3.07. The molecule has 0 amide bonds. The van der Waals surface area contributed by atoms with Gasteiger partial charge in [0, 0.05) is 11.1 Å². The lowest BCUT2D eigenvalue weighted by molar-refractivity contribution is 0.349. The number of hydrogen-bond acceptors (Lipinski definition) is 0. The van der Waals surface area contributed by atoms with E-state index in [0.29, 0.717) is 0 Å². The van der Waals surface area contributed by atoms with E-state index in [-0.39, 0.29) is 6.42 Å². The number of halogens is 10. The van der Waals surface area contributed by atoms with Crippen molar-refractivity contribution < 1.29 is 43.9 Å². The fraction of sp³-hybridized carbons (Fsp3) is 0.333. The van der Waals surface area contributed by atoms with Gasteiger partial charge in [-0.1, -0.05) is 13.8 Å². The molecule has 0 saturated carbocycles. The van der Waals surface area contributed by atoms with Crippen LogP contribution in [0, 0.1) is 58.2 Å². The zero-order valence-electron chi connectivity index (χ0n) is 14.3. The van der Waals surface area contributed by atoms with Crippen molar-refractivity contribution in [2.45, 2.75) is 38.5 Å². The molecule has 0 N–H and O–H groups in total. The molecule has 2 atom stereocenters. The molecule has 0 bridgehead atoms. The Labute approximate surface area is 152 Å². The molecule has 2 rings (SSSR count). The molecule has 0 radical (unpaired) electrons. The van der Waals surface area contributed by atoms with E-state index in [4.69, 9.17) is 0 Å². The molecule has 0 aliphatic rings. The van der Waals surface area contributed by atoms with Crippen LogP contribution in [0.25, 0.3) is 0 Å². The predicted molar refractivity (Wildman–Crippen MR) is 78.5 cm³/mol. The molecule has 0 aromatic heterocycles. The summed E-state index contributed by atoms with van der Waals surface area (Å²) in [6.45, 7) is 2.31. The maximum absolute atomic E-state index is 14.0. The molecule has 2 unspecified atom stereocenters. The normalized spacial score (nSPS) is 13.7. The largest absolute Gasteiger partial charge is 0.203 e. The minimum absolute atomic E-state index is 0.238. The van der Waals surface area contributed by atoms with Crippen LogP contribution >= 0.6 is 0 Å². The summed E-state index contributed by atoms with van der Waals surface area (Å²) in [6.07, 6.45) is -0.884. The van der Waals surface area contributed by atoms with Crippen LogP contribution in [0.4, 0.5) is 43.9 Å². The molecule has 0 saturated heterocycles. The van der Waals surface area contributed by atoms with E-state index >= 15 is 0 Å². The van der Waals surface area contributed by atoms with Gasteiger partial charge in [0.05, 0.1) is 0 Å². The first kappa shape index (κ1) is 22.0. The van der Waals surface area contributed by atoms with Gasteiger partial charge in [0.25, 0.3) is 0 Å². The van der Waals surface area contributed by atoms with Crippen molar-refractivity contribution in [2.24, 2.45) is 0 Å². The van der Waals surface area contributed by atoms with Crippen LogP contribution in [0.3, 0.4) is 0 Å². The van der Waals surface area contributed by atoms with Crippen molar-refractivity contribution in [3.8, 4) is 0 Å². The van der Waals surface area contributed by atoms with Gasteiger partial charge >= 0.3 is 0 Å². The van der Waals surface area contributed by atoms with Crippen molar-refractivity contribution in [1.82, 2.24) is 0 Å². The summed E-state index contributed by atoms with van der Waals surface area (Å²) in [7, 11) is 0. The van der Waals surface area contributed by atoms with Crippen LogP contribution in [-0.4, -0.2) is 0 Å². The maximum Gasteiger partial charge on any atom is 0.200 e. The summed E-state index contributed by atoms with van der Waals surface area (Å²) in [4.78, 5) is 0. The van der Waals surface area contributed by atoms with Crippen LogP contribution in [0.15, 0.2) is 0 Å². The summed E-state index contributed by atoms with van der Waals surface area (Å²) in [5, 5.41) is 0. The highest BCUT2D eigenvalue weighted by Gasteiger charge is 2.33. The second kappa shape index (κ2) is 8.00. The minimum Gasteiger partial charge on any atom is -0.203 e. The minimum atomic E-state index is -2.38. The Bertz CT molecular complexity index is 864. The highest BCUT2D eigenvalue weighted by Crippen LogP contribution is 2.39. The van der Waals surface area contributed by atoms with Crippen molar-refractivity contribution in [3.05, 3.63) is 69.3 Å². The Morgan fingerprint density at radius 2 is 0.786 bits per heavy atom. The molecule has 2 aromatic carbocycles. The fourth-order valence-electron chi connectivity index (χ4n) is 3.07. The van der Waals surface area contributed by atoms with Crippen molar-refractivity contribution in [1.29, 1.82) is 0 Å². The van der Waals surface area contributed by atoms with E-state index in [2.05, 4.69) is 0 Å². The van der Waals surface area contributed by atoms with Gasteiger partial charge in [0.1, 0.15) is 0 Å². The topological polar surface area (TPSA) is 0 Å². The van der Waals surface area contributed by atoms with E-state index < -0.39 is 87.6 Å². The molecule has 0 fully saturated rings. The van der Waals surface area contributed by atoms with Crippen molar-refractivity contribution in [3.63, 3.8) is 0 Å². The summed E-state index contributed by atoms with van der Waals surface area (Å²) in [5.41, 5.74) is -2.45. The SMILES string of the molecule is CCC(CC(C)c1c(F)c(F)c(F)c(F)c1F)c1c(F)c(F)c(F)c(F)c1F. The third-order valence-electron chi connectivity index (χ3n) is 4.52. The first-order chi connectivity index (χ1) is 12.9. The first-order valence-electron chi connectivity index (χ1n) is 7.98. The second-order valence-corrected chi connectivity index (χ2v) is 6.21. The highest BCUT2D eigenvalue weighted by atomic mass is 19.2. The van der Waals surface area contributed by atoms with Crippen molar-refractivity contribution >= 4 is 0 Å². The first-order valence-corrected chi connectivity index (χ1v) is 7.98. The summed E-state index contributed by atoms with van der Waals surface area (Å²) in [6, 6.07) is 0. The van der Waals surface area contributed by atoms with Gasteiger partial charge in [-0.3, -0.25) is 0 Å². The van der Waals surface area contributed by atoms with E-state index in [1.807, 2.05) is 0 Å². The Kier molecular flexibility index (Phi) is 6.30. The highest BCUT2D eigenvalue weighted by molar-refractivity contribution is 5.30. The number of benzene rings is 2. The molecular formula is C18H12F10. The molecule has 154 valence electrons. The lowest BCUT2D eigenvalue weighted by Gasteiger charge is -2.23. The van der Waals surface area contributed by atoms with Gasteiger partial charge in [-0.15, -0.1) is 0 Å². The molecule has 0 heterocycles. The smallest absolute Gasteiger partial charge is 0.200 e. The number of hydrogen-bond donors (Lipinski definition) is 0. The van der Waals surface area contributed by atoms with Gasteiger partial charge < -0.3 is 0 Å². The van der Waals surface area contributed by atoms with Crippen LogP contribution in [-0.2, 0) is 0 Å². The average Bonchev–Trinajstić information content (AvgIpc) is 2.67. The van der Waals surface area contributed by atoms with Crippen LogP contribution in [0.2, 0.25) is 0 Å². The lowest BCUT2D eigenvalue weighted by Crippen LogP contribution is -2.15. The summed E-state index contributed by atoms with van der Waals surface area (Å²) >= 11 is 0. The Balaban J connectivity index is 2.54. The lowest BCUT2D eigenvalue weighted by atomic mass is 9.83. The third-order valence-corrected chi connectivity index (χ3v) is 4.52. The van der Waals surface area contributed by atoms with Gasteiger partial charge in [0.2, 0.25) is 11.6 Å². The Hall–Kier alpha value is -2.26. The average molecular weight is 418 g/mol. The second-order valence-electron chi connectivity index (χ2n) is 6.21. The molecule has 28 heavy (non-hydrogen) atoms. The summed E-state index contributed by atoms with van der Waals surface area (Å²) in [5.74, 6) is -25.0. The standard InChI is InChI=1S/C18H12F10/c1-3-6(8-11(21)15(25)18(28)16(26)12(8)22)4-5(2)7-9(19)13(23)17(27)14(24)10(7)20/h5-6H,3-4H2,1-2H3. The quantitative estimate of drug-likeness (QED) is 0.286. The zero-order valence-corrected chi connectivity index (χ0v) is 14.3. The van der Waals surface area contributed by atoms with Crippen LogP contribution < -0.4 is 0 Å².